The first-order valence-corrected chi connectivity index (χ1v) is 7.29. The van der Waals surface area contributed by atoms with Crippen molar-refractivity contribution in [3.63, 3.8) is 0 Å². The molecular weight excluding hydrogens is 260 g/mol. The quantitative estimate of drug-likeness (QED) is 0.904. The second kappa shape index (κ2) is 6.27. The molecule has 1 N–H and O–H groups in total. The molecule has 2 aromatic rings. The third-order valence-electron chi connectivity index (χ3n) is 3.21. The average molecular weight is 284 g/mol. The Morgan fingerprint density at radius 2 is 1.81 bits per heavy atom. The SMILES string of the molecule is Cc1ccccc1Oc1ncc(CNC(C)(C)C)cc1C. The predicted octanol–water partition coefficient (Wildman–Crippen LogP) is 4.38. The molecule has 2 rings (SSSR count). The van der Waals surface area contributed by atoms with Gasteiger partial charge in [-0.3, -0.25) is 0 Å². The van der Waals surface area contributed by atoms with Crippen LogP contribution in [0.4, 0.5) is 0 Å². The van der Waals surface area contributed by atoms with Gasteiger partial charge >= 0.3 is 0 Å². The van der Waals surface area contributed by atoms with E-state index in [0.29, 0.717) is 5.88 Å². The average Bonchev–Trinajstić information content (AvgIpc) is 2.41. The molecule has 1 aromatic carbocycles. The summed E-state index contributed by atoms with van der Waals surface area (Å²) in [5.74, 6) is 1.53. The lowest BCUT2D eigenvalue weighted by Gasteiger charge is -2.20. The van der Waals surface area contributed by atoms with Crippen LogP contribution in [0.25, 0.3) is 0 Å². The van der Waals surface area contributed by atoms with Crippen molar-refractivity contribution in [3.05, 3.63) is 53.2 Å². The van der Waals surface area contributed by atoms with E-state index in [2.05, 4.69) is 37.1 Å². The fourth-order valence-corrected chi connectivity index (χ4v) is 1.97. The standard InChI is InChI=1S/C18H24N2O/c1-13-8-6-7-9-16(13)21-17-14(2)10-15(11-19-17)12-20-18(3,4)5/h6-11,20H,12H2,1-5H3. The highest BCUT2D eigenvalue weighted by Crippen LogP contribution is 2.25. The van der Waals surface area contributed by atoms with Crippen LogP contribution in [0.2, 0.25) is 0 Å². The van der Waals surface area contributed by atoms with Crippen molar-refractivity contribution >= 4 is 0 Å². The van der Waals surface area contributed by atoms with Gasteiger partial charge in [-0.1, -0.05) is 18.2 Å². The number of benzene rings is 1. The van der Waals surface area contributed by atoms with Gasteiger partial charge in [-0.25, -0.2) is 4.98 Å². The minimum absolute atomic E-state index is 0.101. The number of nitrogens with zero attached hydrogens (tertiary/aromatic N) is 1. The van der Waals surface area contributed by atoms with Gasteiger partial charge in [0, 0.05) is 23.8 Å². The largest absolute Gasteiger partial charge is 0.438 e. The molecule has 0 aliphatic heterocycles. The number of pyridine rings is 1. The number of aromatic nitrogens is 1. The van der Waals surface area contributed by atoms with Crippen LogP contribution in [-0.4, -0.2) is 10.5 Å². The van der Waals surface area contributed by atoms with Crippen molar-refractivity contribution in [1.29, 1.82) is 0 Å². The van der Waals surface area contributed by atoms with Gasteiger partial charge in [-0.05, 0) is 57.9 Å². The van der Waals surface area contributed by atoms with Gasteiger partial charge in [0.2, 0.25) is 5.88 Å². The van der Waals surface area contributed by atoms with E-state index in [1.54, 1.807) is 0 Å². The lowest BCUT2D eigenvalue weighted by molar-refractivity contribution is 0.422. The first kappa shape index (κ1) is 15.5. The highest BCUT2D eigenvalue weighted by Gasteiger charge is 2.10. The van der Waals surface area contributed by atoms with Gasteiger partial charge in [-0.15, -0.1) is 0 Å². The van der Waals surface area contributed by atoms with E-state index in [1.165, 1.54) is 5.56 Å². The van der Waals surface area contributed by atoms with E-state index in [0.717, 1.165) is 23.4 Å². The Morgan fingerprint density at radius 3 is 2.43 bits per heavy atom. The molecule has 21 heavy (non-hydrogen) atoms. The molecule has 3 nitrogen and oxygen atoms in total. The first-order chi connectivity index (χ1) is 9.85. The maximum atomic E-state index is 5.91. The summed E-state index contributed by atoms with van der Waals surface area (Å²) in [4.78, 5) is 4.45. The van der Waals surface area contributed by atoms with E-state index in [-0.39, 0.29) is 5.54 Å². The first-order valence-electron chi connectivity index (χ1n) is 7.29. The Balaban J connectivity index is 2.11. The second-order valence-electron chi connectivity index (χ2n) is 6.44. The molecule has 0 amide bonds. The van der Waals surface area contributed by atoms with Crippen LogP contribution in [0, 0.1) is 13.8 Å². The molecule has 0 bridgehead atoms. The highest BCUT2D eigenvalue weighted by molar-refractivity contribution is 5.37. The summed E-state index contributed by atoms with van der Waals surface area (Å²) < 4.78 is 5.91. The molecule has 0 fully saturated rings. The van der Waals surface area contributed by atoms with Gasteiger partial charge in [0.05, 0.1) is 0 Å². The van der Waals surface area contributed by atoms with E-state index in [1.807, 2.05) is 44.3 Å². The number of rotatable bonds is 4. The van der Waals surface area contributed by atoms with Crippen LogP contribution < -0.4 is 10.1 Å². The van der Waals surface area contributed by atoms with Crippen molar-refractivity contribution in [1.82, 2.24) is 10.3 Å². The van der Waals surface area contributed by atoms with Crippen LogP contribution in [0.3, 0.4) is 0 Å². The Bertz CT molecular complexity index is 615. The number of nitrogens with one attached hydrogen (secondary N) is 1. The minimum atomic E-state index is 0.101. The van der Waals surface area contributed by atoms with Gasteiger partial charge in [0.15, 0.2) is 0 Å². The van der Waals surface area contributed by atoms with Crippen LogP contribution in [-0.2, 0) is 6.54 Å². The van der Waals surface area contributed by atoms with Crippen molar-refractivity contribution in [2.45, 2.75) is 46.7 Å². The maximum absolute atomic E-state index is 5.91. The van der Waals surface area contributed by atoms with E-state index in [4.69, 9.17) is 4.74 Å². The fourth-order valence-electron chi connectivity index (χ4n) is 1.97. The van der Waals surface area contributed by atoms with Crippen LogP contribution in [0.15, 0.2) is 36.5 Å². The normalized spacial score (nSPS) is 11.5. The summed E-state index contributed by atoms with van der Waals surface area (Å²) in [6.07, 6.45) is 1.87. The molecule has 0 saturated heterocycles. The maximum Gasteiger partial charge on any atom is 0.222 e. The van der Waals surface area contributed by atoms with Gasteiger partial charge < -0.3 is 10.1 Å². The summed E-state index contributed by atoms with van der Waals surface area (Å²) in [5.41, 5.74) is 3.42. The Kier molecular flexibility index (Phi) is 4.63. The second-order valence-corrected chi connectivity index (χ2v) is 6.44. The van der Waals surface area contributed by atoms with Gasteiger partial charge in [0.25, 0.3) is 0 Å². The van der Waals surface area contributed by atoms with Gasteiger partial charge in [-0.2, -0.15) is 0 Å². The fraction of sp³-hybridized carbons (Fsp3) is 0.389. The van der Waals surface area contributed by atoms with Crippen molar-refractivity contribution in [3.8, 4) is 11.6 Å². The van der Waals surface area contributed by atoms with Crippen LogP contribution in [0.5, 0.6) is 11.6 Å². The molecular formula is C18H24N2O. The lowest BCUT2D eigenvalue weighted by atomic mass is 10.1. The Hall–Kier alpha value is -1.87. The third-order valence-corrected chi connectivity index (χ3v) is 3.21. The number of ether oxygens (including phenoxy) is 1. The zero-order valence-electron chi connectivity index (χ0n) is 13.5. The van der Waals surface area contributed by atoms with E-state index < -0.39 is 0 Å². The summed E-state index contributed by atoms with van der Waals surface area (Å²) in [5, 5.41) is 3.46. The number of aryl methyl sites for hydroxylation is 2. The summed E-state index contributed by atoms with van der Waals surface area (Å²) in [7, 11) is 0. The third kappa shape index (κ3) is 4.57. The highest BCUT2D eigenvalue weighted by atomic mass is 16.5. The van der Waals surface area contributed by atoms with Gasteiger partial charge in [0.1, 0.15) is 5.75 Å². The van der Waals surface area contributed by atoms with E-state index >= 15 is 0 Å². The molecule has 1 heterocycles. The predicted molar refractivity (Wildman–Crippen MR) is 86.8 cm³/mol. The molecule has 112 valence electrons. The smallest absolute Gasteiger partial charge is 0.222 e. The molecule has 0 aliphatic rings. The van der Waals surface area contributed by atoms with E-state index in [9.17, 15) is 0 Å². The van der Waals surface area contributed by atoms with Crippen molar-refractivity contribution in [2.75, 3.05) is 0 Å². The zero-order valence-corrected chi connectivity index (χ0v) is 13.5. The molecule has 0 saturated carbocycles. The molecule has 0 unspecified atom stereocenters. The molecule has 0 atom stereocenters. The molecule has 0 spiro atoms. The number of hydrogen-bond acceptors (Lipinski definition) is 3. The van der Waals surface area contributed by atoms with Crippen LogP contribution in [0.1, 0.15) is 37.5 Å². The number of para-hydroxylation sites is 1. The minimum Gasteiger partial charge on any atom is -0.438 e. The van der Waals surface area contributed by atoms with Crippen molar-refractivity contribution < 1.29 is 4.74 Å². The molecule has 0 radical (unpaired) electrons. The molecule has 0 aliphatic carbocycles. The molecule has 1 aromatic heterocycles. The van der Waals surface area contributed by atoms with Crippen molar-refractivity contribution in [2.24, 2.45) is 0 Å². The Morgan fingerprint density at radius 1 is 1.10 bits per heavy atom. The monoisotopic (exact) mass is 284 g/mol. The number of hydrogen-bond donors (Lipinski definition) is 1. The zero-order chi connectivity index (χ0) is 15.5. The molecule has 3 heteroatoms. The summed E-state index contributed by atoms with van der Waals surface area (Å²) >= 11 is 0. The Labute approximate surface area is 127 Å². The lowest BCUT2D eigenvalue weighted by Crippen LogP contribution is -2.35. The summed E-state index contributed by atoms with van der Waals surface area (Å²) in [6.45, 7) is 11.3. The topological polar surface area (TPSA) is 34.1 Å². The van der Waals surface area contributed by atoms with Crippen LogP contribution >= 0.6 is 0 Å². The summed E-state index contributed by atoms with van der Waals surface area (Å²) in [6, 6.07) is 10.1.